The second kappa shape index (κ2) is 11.8. The minimum atomic E-state index is -0.584. The highest BCUT2D eigenvalue weighted by Gasteiger charge is 2.33. The van der Waals surface area contributed by atoms with Gasteiger partial charge in [-0.05, 0) is 49.4 Å². The molecule has 7 heteroatoms. The molecule has 3 aromatic rings. The van der Waals surface area contributed by atoms with Crippen LogP contribution in [0.5, 0.6) is 11.6 Å². The highest BCUT2D eigenvalue weighted by Crippen LogP contribution is 2.36. The van der Waals surface area contributed by atoms with E-state index in [0.717, 1.165) is 29.8 Å². The van der Waals surface area contributed by atoms with Crippen molar-refractivity contribution in [2.24, 2.45) is 5.92 Å². The Morgan fingerprint density at radius 2 is 1.80 bits per heavy atom. The number of ether oxygens (including phenoxy) is 2. The lowest BCUT2D eigenvalue weighted by atomic mass is 10.1. The third-order valence-electron chi connectivity index (χ3n) is 6.03. The predicted molar refractivity (Wildman–Crippen MR) is 135 cm³/mol. The Kier molecular flexibility index (Phi) is 8.55. The molecule has 4 rings (SSSR count). The number of hydrogen-bond donors (Lipinski definition) is 1. The van der Waals surface area contributed by atoms with Crippen LogP contribution in [0.3, 0.4) is 0 Å². The van der Waals surface area contributed by atoms with E-state index < -0.39 is 11.9 Å². The molecule has 1 N–H and O–H groups in total. The van der Waals surface area contributed by atoms with Crippen molar-refractivity contribution in [3.05, 3.63) is 71.7 Å². The minimum Gasteiger partial charge on any atom is -0.435 e. The van der Waals surface area contributed by atoms with Gasteiger partial charge in [-0.2, -0.15) is 5.10 Å². The molecule has 188 valence electrons. The van der Waals surface area contributed by atoms with E-state index in [-0.39, 0.29) is 5.75 Å². The molecule has 1 aromatic heterocycles. The number of aliphatic hydroxyl groups excluding tert-OH is 1. The molecule has 1 heterocycles. The van der Waals surface area contributed by atoms with E-state index in [0.29, 0.717) is 50.6 Å². The highest BCUT2D eigenvalue weighted by atomic mass is 19.1. The number of nitrogens with zero attached hydrogens (tertiary/aromatic N) is 3. The predicted octanol–water partition coefficient (Wildman–Crippen LogP) is 5.36. The van der Waals surface area contributed by atoms with Gasteiger partial charge < -0.3 is 14.6 Å². The van der Waals surface area contributed by atoms with Crippen molar-refractivity contribution in [3.8, 4) is 17.3 Å². The summed E-state index contributed by atoms with van der Waals surface area (Å²) in [7, 11) is 0. The molecule has 0 bridgehead atoms. The quantitative estimate of drug-likeness (QED) is 0.356. The molecule has 2 aromatic carbocycles. The maximum atomic E-state index is 14.6. The standard InChI is InChI=1S/C28H36FN3O3/c1-4-26-24(17-31(21-14-15-21)16-23(33)19-34-18-20(2)3)28(35-27-13-9-8-12-25(27)29)32(30-26)22-10-6-5-7-11-22/h5-13,20-21,23,33H,4,14-19H2,1-3H3/t23-/m1/s1. The maximum absolute atomic E-state index is 14.6. The number of aryl methyl sites for hydroxylation is 1. The fourth-order valence-corrected chi connectivity index (χ4v) is 4.15. The van der Waals surface area contributed by atoms with Gasteiger partial charge in [0.25, 0.3) is 0 Å². The van der Waals surface area contributed by atoms with E-state index in [4.69, 9.17) is 14.6 Å². The van der Waals surface area contributed by atoms with Crippen molar-refractivity contribution >= 4 is 0 Å². The zero-order valence-corrected chi connectivity index (χ0v) is 20.9. The second-order valence-corrected chi connectivity index (χ2v) is 9.61. The van der Waals surface area contributed by atoms with Gasteiger partial charge >= 0.3 is 0 Å². The van der Waals surface area contributed by atoms with Crippen LogP contribution in [0.4, 0.5) is 4.39 Å². The van der Waals surface area contributed by atoms with E-state index in [1.807, 2.05) is 30.3 Å². The van der Waals surface area contributed by atoms with Crippen molar-refractivity contribution < 1.29 is 19.0 Å². The molecule has 0 aliphatic heterocycles. The number of para-hydroxylation sites is 2. The summed E-state index contributed by atoms with van der Waals surface area (Å²) < 4.78 is 28.2. The molecule has 0 spiro atoms. The van der Waals surface area contributed by atoms with Crippen LogP contribution in [0.25, 0.3) is 5.69 Å². The van der Waals surface area contributed by atoms with Gasteiger partial charge in [-0.15, -0.1) is 0 Å². The molecule has 0 saturated heterocycles. The summed E-state index contributed by atoms with van der Waals surface area (Å²) >= 11 is 0. The zero-order chi connectivity index (χ0) is 24.8. The van der Waals surface area contributed by atoms with Crippen molar-refractivity contribution in [2.45, 2.75) is 58.7 Å². The summed E-state index contributed by atoms with van der Waals surface area (Å²) in [6, 6.07) is 16.6. The van der Waals surface area contributed by atoms with E-state index in [9.17, 15) is 9.50 Å². The van der Waals surface area contributed by atoms with Crippen LogP contribution in [0.2, 0.25) is 0 Å². The first-order valence-corrected chi connectivity index (χ1v) is 12.5. The first kappa shape index (κ1) is 25.4. The minimum absolute atomic E-state index is 0.161. The normalized spacial score (nSPS) is 14.6. The monoisotopic (exact) mass is 481 g/mol. The summed E-state index contributed by atoms with van der Waals surface area (Å²) in [5.74, 6) is 0.674. The van der Waals surface area contributed by atoms with Crippen molar-refractivity contribution in [1.29, 1.82) is 0 Å². The average molecular weight is 482 g/mol. The topological polar surface area (TPSA) is 59.8 Å². The van der Waals surface area contributed by atoms with Gasteiger partial charge in [0.2, 0.25) is 5.88 Å². The first-order chi connectivity index (χ1) is 17.0. The first-order valence-electron chi connectivity index (χ1n) is 12.5. The van der Waals surface area contributed by atoms with E-state index >= 15 is 0 Å². The number of aliphatic hydroxyl groups is 1. The Morgan fingerprint density at radius 1 is 1.09 bits per heavy atom. The largest absolute Gasteiger partial charge is 0.435 e. The number of halogens is 1. The summed E-state index contributed by atoms with van der Waals surface area (Å²) in [5, 5.41) is 15.5. The van der Waals surface area contributed by atoms with Gasteiger partial charge in [0.15, 0.2) is 11.6 Å². The molecule has 1 atom stereocenters. The summed E-state index contributed by atoms with van der Waals surface area (Å²) in [4.78, 5) is 2.28. The zero-order valence-electron chi connectivity index (χ0n) is 20.9. The van der Waals surface area contributed by atoms with Crippen molar-refractivity contribution in [2.75, 3.05) is 19.8 Å². The van der Waals surface area contributed by atoms with E-state index in [1.165, 1.54) is 6.07 Å². The summed E-state index contributed by atoms with van der Waals surface area (Å²) in [5.41, 5.74) is 2.66. The third kappa shape index (κ3) is 6.69. The molecule has 6 nitrogen and oxygen atoms in total. The Hall–Kier alpha value is -2.74. The van der Waals surface area contributed by atoms with Gasteiger partial charge in [0, 0.05) is 25.7 Å². The lowest BCUT2D eigenvalue weighted by Gasteiger charge is -2.25. The van der Waals surface area contributed by atoms with E-state index in [2.05, 4.69) is 25.7 Å². The SMILES string of the molecule is CCc1nn(-c2ccccc2)c(Oc2ccccc2F)c1CN(C[C@@H](O)COCC(C)C)C1CC1. The van der Waals surface area contributed by atoms with Crippen LogP contribution in [0.1, 0.15) is 44.9 Å². The summed E-state index contributed by atoms with van der Waals surface area (Å²) in [6.07, 6.45) is 2.32. The third-order valence-corrected chi connectivity index (χ3v) is 6.03. The lowest BCUT2D eigenvalue weighted by molar-refractivity contribution is 0.00535. The van der Waals surface area contributed by atoms with Gasteiger partial charge in [0.05, 0.1) is 29.7 Å². The average Bonchev–Trinajstić information content (AvgIpc) is 3.64. The fraction of sp³-hybridized carbons (Fsp3) is 0.464. The molecular weight excluding hydrogens is 445 g/mol. The van der Waals surface area contributed by atoms with Crippen LogP contribution in [-0.4, -0.2) is 51.7 Å². The maximum Gasteiger partial charge on any atom is 0.227 e. The fourth-order valence-electron chi connectivity index (χ4n) is 4.15. The smallest absolute Gasteiger partial charge is 0.227 e. The van der Waals surface area contributed by atoms with Crippen LogP contribution in [0, 0.1) is 11.7 Å². The molecule has 1 fully saturated rings. The molecule has 0 unspecified atom stereocenters. The number of aromatic nitrogens is 2. The van der Waals surface area contributed by atoms with Gasteiger partial charge in [0.1, 0.15) is 0 Å². The molecule has 0 amide bonds. The number of benzene rings is 2. The second-order valence-electron chi connectivity index (χ2n) is 9.61. The van der Waals surface area contributed by atoms with Gasteiger partial charge in [-0.1, -0.05) is 51.1 Å². The van der Waals surface area contributed by atoms with Crippen LogP contribution < -0.4 is 4.74 Å². The Labute approximate surface area is 207 Å². The Morgan fingerprint density at radius 3 is 2.46 bits per heavy atom. The molecular formula is C28H36FN3O3. The molecule has 0 radical (unpaired) electrons. The van der Waals surface area contributed by atoms with Gasteiger partial charge in [-0.25, -0.2) is 9.07 Å². The molecule has 1 saturated carbocycles. The highest BCUT2D eigenvalue weighted by molar-refractivity contribution is 5.44. The summed E-state index contributed by atoms with van der Waals surface area (Å²) in [6.45, 7) is 8.25. The Bertz CT molecular complexity index is 1080. The van der Waals surface area contributed by atoms with Crippen LogP contribution >= 0.6 is 0 Å². The van der Waals surface area contributed by atoms with E-state index in [1.54, 1.807) is 22.9 Å². The van der Waals surface area contributed by atoms with Crippen LogP contribution in [-0.2, 0) is 17.7 Å². The molecule has 35 heavy (non-hydrogen) atoms. The molecule has 1 aliphatic carbocycles. The lowest BCUT2D eigenvalue weighted by Crippen LogP contribution is -2.36. The number of hydrogen-bond acceptors (Lipinski definition) is 5. The van der Waals surface area contributed by atoms with Gasteiger partial charge in [-0.3, -0.25) is 4.90 Å². The van der Waals surface area contributed by atoms with Crippen molar-refractivity contribution in [1.82, 2.24) is 14.7 Å². The molecule has 1 aliphatic rings. The number of rotatable bonds is 13. The van der Waals surface area contributed by atoms with Crippen molar-refractivity contribution in [3.63, 3.8) is 0 Å². The Balaban J connectivity index is 1.64. The van der Waals surface area contributed by atoms with Crippen LogP contribution in [0.15, 0.2) is 54.6 Å².